The highest BCUT2D eigenvalue weighted by molar-refractivity contribution is 5.90. The Morgan fingerprint density at radius 2 is 1.89 bits per heavy atom. The number of benzene rings is 1. The predicted molar refractivity (Wildman–Crippen MR) is 132 cm³/mol. The van der Waals surface area contributed by atoms with E-state index in [1.54, 1.807) is 0 Å². The molecule has 4 heterocycles. The quantitative estimate of drug-likeness (QED) is 0.417. The zero-order chi connectivity index (χ0) is 25.1. The van der Waals surface area contributed by atoms with Crippen molar-refractivity contribution in [3.63, 3.8) is 0 Å². The number of hydrogen-bond acceptors (Lipinski definition) is 7. The molecule has 188 valence electrons. The molecule has 1 aliphatic carbocycles. The lowest BCUT2D eigenvalue weighted by molar-refractivity contribution is -0.0178. The second-order valence-corrected chi connectivity index (χ2v) is 9.86. The van der Waals surface area contributed by atoms with E-state index >= 15 is 0 Å². The van der Waals surface area contributed by atoms with E-state index in [1.807, 2.05) is 53.3 Å². The highest BCUT2D eigenvalue weighted by atomic mass is 19.1. The van der Waals surface area contributed by atoms with Crippen LogP contribution in [0.2, 0.25) is 0 Å². The van der Waals surface area contributed by atoms with Crippen LogP contribution in [-0.4, -0.2) is 62.6 Å². The molecule has 0 spiro atoms. The lowest BCUT2D eigenvalue weighted by atomic mass is 10.1. The van der Waals surface area contributed by atoms with E-state index in [4.69, 9.17) is 19.7 Å². The van der Waals surface area contributed by atoms with Crippen LogP contribution in [0.3, 0.4) is 0 Å². The van der Waals surface area contributed by atoms with Crippen molar-refractivity contribution in [3.8, 4) is 11.3 Å². The van der Waals surface area contributed by atoms with Gasteiger partial charge in [-0.3, -0.25) is 4.68 Å². The molecule has 1 saturated carbocycles. The van der Waals surface area contributed by atoms with Gasteiger partial charge in [0.25, 0.3) is 0 Å². The first-order valence-electron chi connectivity index (χ1n) is 12.1. The van der Waals surface area contributed by atoms with E-state index in [9.17, 15) is 8.78 Å². The molecule has 36 heavy (non-hydrogen) atoms. The summed E-state index contributed by atoms with van der Waals surface area (Å²) >= 11 is 0. The van der Waals surface area contributed by atoms with Crippen molar-refractivity contribution < 1.29 is 13.5 Å². The number of anilines is 2. The molecule has 2 aliphatic rings. The van der Waals surface area contributed by atoms with Crippen LogP contribution in [0.4, 0.5) is 20.7 Å². The summed E-state index contributed by atoms with van der Waals surface area (Å²) in [6, 6.07) is 4.01. The average molecular weight is 495 g/mol. The minimum absolute atomic E-state index is 0.0839. The Labute approximate surface area is 207 Å². The number of rotatable bonds is 5. The van der Waals surface area contributed by atoms with Crippen molar-refractivity contribution in [3.05, 3.63) is 47.8 Å². The number of imidazole rings is 1. The van der Waals surface area contributed by atoms with E-state index < -0.39 is 11.6 Å². The summed E-state index contributed by atoms with van der Waals surface area (Å²) in [6.45, 7) is 3.09. The smallest absolute Gasteiger partial charge is 0.228 e. The fourth-order valence-corrected chi connectivity index (χ4v) is 4.86. The van der Waals surface area contributed by atoms with Gasteiger partial charge in [-0.05, 0) is 31.9 Å². The maximum absolute atomic E-state index is 15.0. The summed E-state index contributed by atoms with van der Waals surface area (Å²) in [5.74, 6) is -0.244. The van der Waals surface area contributed by atoms with E-state index in [-0.39, 0.29) is 17.8 Å². The molecule has 3 aromatic heterocycles. The van der Waals surface area contributed by atoms with Crippen LogP contribution >= 0.6 is 0 Å². The first-order chi connectivity index (χ1) is 17.3. The second-order valence-electron chi connectivity index (χ2n) is 9.86. The lowest BCUT2D eigenvalue weighted by Crippen LogP contribution is -2.43. The molecule has 1 saturated heterocycles. The molecule has 9 nitrogen and oxygen atoms in total. The Hall–Kier alpha value is -3.60. The normalized spacial score (nSPS) is 20.3. The number of ether oxygens (including phenoxy) is 1. The molecule has 4 aromatic rings. The Morgan fingerprint density at radius 1 is 1.08 bits per heavy atom. The number of fused-ring (bicyclic) bond motifs is 1. The van der Waals surface area contributed by atoms with Gasteiger partial charge in [-0.2, -0.15) is 15.1 Å². The van der Waals surface area contributed by atoms with Gasteiger partial charge < -0.3 is 19.1 Å². The summed E-state index contributed by atoms with van der Waals surface area (Å²) < 4.78 is 38.8. The molecule has 0 unspecified atom stereocenters. The summed E-state index contributed by atoms with van der Waals surface area (Å²) in [5, 5.41) is 4.51. The molecule has 0 amide bonds. The van der Waals surface area contributed by atoms with Gasteiger partial charge in [0, 0.05) is 51.1 Å². The number of aromatic nitrogens is 6. The van der Waals surface area contributed by atoms with Gasteiger partial charge in [0.1, 0.15) is 28.9 Å². The fourth-order valence-electron chi connectivity index (χ4n) is 4.86. The van der Waals surface area contributed by atoms with Gasteiger partial charge in [0.2, 0.25) is 11.9 Å². The van der Waals surface area contributed by atoms with Crippen LogP contribution in [0.25, 0.3) is 22.4 Å². The lowest BCUT2D eigenvalue weighted by Gasteiger charge is -2.36. The van der Waals surface area contributed by atoms with Crippen LogP contribution in [-0.2, 0) is 11.8 Å². The Balaban J connectivity index is 1.44. The van der Waals surface area contributed by atoms with Crippen molar-refractivity contribution in [2.24, 2.45) is 7.05 Å². The molecule has 2 fully saturated rings. The standard InChI is InChI=1S/C25H28F2N8O/c1-14-11-34(13-20(36-14)15-10-28-35(12-15)17-6-7-17)24-29-21(18-8-5-16(26)9-19(18)27)22-23(30-24)31-25(32(2)3)33(22)4/h5,8-10,12,14,17,20H,6-7,11,13H2,1-4H3/t14-,20-/m0/s1. The summed E-state index contributed by atoms with van der Waals surface area (Å²) in [7, 11) is 5.59. The fraction of sp³-hybridized carbons (Fsp3) is 0.440. The average Bonchev–Trinajstić information content (AvgIpc) is 3.46. The van der Waals surface area contributed by atoms with Crippen LogP contribution in [0.15, 0.2) is 30.6 Å². The van der Waals surface area contributed by atoms with Gasteiger partial charge in [-0.15, -0.1) is 0 Å². The Kier molecular flexibility index (Phi) is 5.40. The molecule has 1 aromatic carbocycles. The molecular weight excluding hydrogens is 466 g/mol. The van der Waals surface area contributed by atoms with Crippen molar-refractivity contribution >= 4 is 23.1 Å². The van der Waals surface area contributed by atoms with Crippen LogP contribution in [0.1, 0.15) is 37.5 Å². The van der Waals surface area contributed by atoms with Crippen LogP contribution in [0, 0.1) is 11.6 Å². The Morgan fingerprint density at radius 3 is 2.61 bits per heavy atom. The van der Waals surface area contributed by atoms with Gasteiger partial charge >= 0.3 is 0 Å². The number of halogens is 2. The number of nitrogens with zero attached hydrogens (tertiary/aromatic N) is 8. The zero-order valence-electron chi connectivity index (χ0n) is 20.7. The van der Waals surface area contributed by atoms with E-state index in [0.717, 1.165) is 24.5 Å². The van der Waals surface area contributed by atoms with Gasteiger partial charge in [0.05, 0.1) is 24.9 Å². The number of aryl methyl sites for hydroxylation is 1. The summed E-state index contributed by atoms with van der Waals surface area (Å²) in [6.07, 6.45) is 5.96. The topological polar surface area (TPSA) is 77.1 Å². The minimum Gasteiger partial charge on any atom is -0.367 e. The van der Waals surface area contributed by atoms with Crippen LogP contribution in [0.5, 0.6) is 0 Å². The molecule has 6 rings (SSSR count). The van der Waals surface area contributed by atoms with Gasteiger partial charge in [-0.1, -0.05) is 0 Å². The van der Waals surface area contributed by atoms with Crippen molar-refractivity contribution in [2.45, 2.75) is 38.0 Å². The van der Waals surface area contributed by atoms with E-state index in [0.29, 0.717) is 47.9 Å². The zero-order valence-corrected chi connectivity index (χ0v) is 20.7. The molecule has 0 bridgehead atoms. The third-order valence-corrected chi connectivity index (χ3v) is 6.74. The van der Waals surface area contributed by atoms with Crippen molar-refractivity contribution in [1.82, 2.24) is 29.3 Å². The molecule has 11 heteroatoms. The maximum Gasteiger partial charge on any atom is 0.228 e. The van der Waals surface area contributed by atoms with Crippen LogP contribution < -0.4 is 9.80 Å². The predicted octanol–water partition coefficient (Wildman–Crippen LogP) is 3.87. The van der Waals surface area contributed by atoms with Gasteiger partial charge in [0.15, 0.2) is 5.65 Å². The van der Waals surface area contributed by atoms with Gasteiger partial charge in [-0.25, -0.2) is 13.8 Å². The highest BCUT2D eigenvalue weighted by Crippen LogP contribution is 2.37. The van der Waals surface area contributed by atoms with Crippen molar-refractivity contribution in [2.75, 3.05) is 37.0 Å². The first-order valence-corrected chi connectivity index (χ1v) is 12.1. The monoisotopic (exact) mass is 494 g/mol. The SMILES string of the molecule is C[C@H]1CN(c2nc(-c3ccc(F)cc3F)c3c(n2)nc(N(C)C)n3C)C[C@@H](c2cnn(C3CC3)c2)O1. The van der Waals surface area contributed by atoms with E-state index in [1.165, 1.54) is 12.1 Å². The minimum atomic E-state index is -0.686. The molecular formula is C25H28F2N8O. The first kappa shape index (κ1) is 22.8. The third kappa shape index (κ3) is 3.97. The molecule has 0 radical (unpaired) electrons. The maximum atomic E-state index is 15.0. The highest BCUT2D eigenvalue weighted by Gasteiger charge is 2.32. The van der Waals surface area contributed by atoms with E-state index in [2.05, 4.69) is 11.3 Å². The number of hydrogen-bond donors (Lipinski definition) is 0. The summed E-state index contributed by atoms with van der Waals surface area (Å²) in [5.41, 5.74) is 2.60. The second kappa shape index (κ2) is 8.51. The largest absolute Gasteiger partial charge is 0.367 e. The number of morpholine rings is 1. The van der Waals surface area contributed by atoms with Crippen molar-refractivity contribution in [1.29, 1.82) is 0 Å². The molecule has 1 aliphatic heterocycles. The Bertz CT molecular complexity index is 1440. The molecule has 0 N–H and O–H groups in total. The third-order valence-electron chi connectivity index (χ3n) is 6.74. The summed E-state index contributed by atoms with van der Waals surface area (Å²) in [4.78, 5) is 18.2. The molecule has 2 atom stereocenters.